The summed E-state index contributed by atoms with van der Waals surface area (Å²) in [4.78, 5) is 0. The van der Waals surface area contributed by atoms with Gasteiger partial charge in [-0.25, -0.2) is 13.2 Å². The fourth-order valence-electron chi connectivity index (χ4n) is 1.89. The minimum absolute atomic E-state index is 8.01. The molecule has 0 bridgehead atoms. The second kappa shape index (κ2) is 6.36. The van der Waals surface area contributed by atoms with Gasteiger partial charge < -0.3 is 0 Å². The average molecular weight is 500 g/mol. The zero-order chi connectivity index (χ0) is 24.5. The molecule has 0 radical (unpaired) electrons. The lowest BCUT2D eigenvalue weighted by molar-refractivity contribution is -0.448. The predicted molar refractivity (Wildman–Crippen MR) is 52.2 cm³/mol. The van der Waals surface area contributed by atoms with Crippen LogP contribution in [0, 0.1) is 0 Å². The van der Waals surface area contributed by atoms with Gasteiger partial charge in [-0.05, 0) is 0 Å². The van der Waals surface area contributed by atoms with Gasteiger partial charge in [0.15, 0.2) is 0 Å². The minimum Gasteiger partial charge on any atom is -0.283 e. The first-order valence-corrected chi connectivity index (χ1v) is 7.12. The topological polar surface area (TPSA) is 54.4 Å². The molecule has 0 aliphatic heterocycles. The highest BCUT2D eigenvalue weighted by molar-refractivity contribution is 7.87. The van der Waals surface area contributed by atoms with E-state index in [1.54, 1.807) is 0 Å². The molecule has 2 unspecified atom stereocenters. The zero-order valence-electron chi connectivity index (χ0n) is 12.1. The van der Waals surface area contributed by atoms with Crippen LogP contribution in [0.2, 0.25) is 0 Å². The predicted octanol–water partition coefficient (Wildman–Crippen LogP) is 4.84. The van der Waals surface area contributed by atoms with Crippen LogP contribution in [0.1, 0.15) is 0 Å². The molecular formula is C8HF17O3S. The zero-order valence-corrected chi connectivity index (χ0v) is 12.9. The number of hydrogen-bond donors (Lipinski definition) is 1. The van der Waals surface area contributed by atoms with Crippen molar-refractivity contribution >= 4 is 10.1 Å². The lowest BCUT2D eigenvalue weighted by Gasteiger charge is -2.48. The third kappa shape index (κ3) is 3.26. The maximum absolute atomic E-state index is 14.1. The van der Waals surface area contributed by atoms with Gasteiger partial charge in [0.2, 0.25) is 0 Å². The van der Waals surface area contributed by atoms with Crippen molar-refractivity contribution in [2.45, 2.75) is 47.0 Å². The molecule has 0 aromatic rings. The molecule has 0 rings (SSSR count). The van der Waals surface area contributed by atoms with Gasteiger partial charge in [-0.2, -0.15) is 69.9 Å². The van der Waals surface area contributed by atoms with E-state index in [4.69, 9.17) is 4.55 Å². The summed E-state index contributed by atoms with van der Waals surface area (Å²) in [5.41, 5.74) is -18.5. The SMILES string of the molecule is O=S(=O)(O)C(F)(C(F)(F)C(F)(F)F)C(F)(C(F)(F)F)C(F)(C(F)(F)F)C(F)(F)F. The molecule has 0 heterocycles. The fraction of sp³-hybridized carbons (Fsp3) is 1.00. The largest absolute Gasteiger partial charge is 0.458 e. The molecule has 2 atom stereocenters. The Balaban J connectivity index is 8.15. The lowest BCUT2D eigenvalue weighted by Crippen LogP contribution is -2.84. The summed E-state index contributed by atoms with van der Waals surface area (Å²) in [5.74, 6) is -8.73. The fourth-order valence-corrected chi connectivity index (χ4v) is 2.94. The molecule has 0 aliphatic rings. The highest BCUT2D eigenvalue weighted by Gasteiger charge is 3.02. The van der Waals surface area contributed by atoms with E-state index in [1.165, 1.54) is 0 Å². The molecule has 3 nitrogen and oxygen atoms in total. The summed E-state index contributed by atoms with van der Waals surface area (Å²) in [6.07, 6.45) is -34.1. The minimum atomic E-state index is -9.35. The molecule has 0 saturated carbocycles. The first kappa shape index (κ1) is 27.7. The first-order chi connectivity index (χ1) is 12.0. The van der Waals surface area contributed by atoms with Crippen molar-refractivity contribution in [2.75, 3.05) is 0 Å². The molecule has 0 fully saturated rings. The molecular weight excluding hydrogens is 499 g/mol. The Kier molecular flexibility index (Phi) is 6.08. The number of hydrogen-bond acceptors (Lipinski definition) is 2. The van der Waals surface area contributed by atoms with Gasteiger partial charge in [0.25, 0.3) is 0 Å². The van der Waals surface area contributed by atoms with E-state index in [0.29, 0.717) is 0 Å². The summed E-state index contributed by atoms with van der Waals surface area (Å²) in [7, 11) is -8.92. The van der Waals surface area contributed by atoms with Crippen molar-refractivity contribution in [3.8, 4) is 0 Å². The van der Waals surface area contributed by atoms with Crippen LogP contribution in [0.4, 0.5) is 74.6 Å². The van der Waals surface area contributed by atoms with Crippen LogP contribution in [-0.2, 0) is 10.1 Å². The van der Waals surface area contributed by atoms with E-state index in [1.807, 2.05) is 0 Å². The van der Waals surface area contributed by atoms with E-state index < -0.39 is 57.1 Å². The monoisotopic (exact) mass is 500 g/mol. The number of alkyl halides is 17. The van der Waals surface area contributed by atoms with Crippen LogP contribution in [0.3, 0.4) is 0 Å². The molecule has 0 spiro atoms. The Bertz CT molecular complexity index is 712. The van der Waals surface area contributed by atoms with Gasteiger partial charge in [0.05, 0.1) is 0 Å². The number of halogens is 17. The van der Waals surface area contributed by atoms with Crippen LogP contribution in [0.25, 0.3) is 0 Å². The molecule has 176 valence electrons. The standard InChI is InChI=1S/C8HF17O3S/c9-1(5(14,15)16,2(10,6(17,18)19)7(20,21)22)4(13,29(26,27)28)3(11,12)8(23,24)25/h(H,26,27,28). The van der Waals surface area contributed by atoms with E-state index in [0.717, 1.165) is 0 Å². The van der Waals surface area contributed by atoms with Crippen molar-refractivity contribution in [1.29, 1.82) is 0 Å². The second-order valence-electron chi connectivity index (χ2n) is 4.95. The maximum Gasteiger partial charge on any atom is 0.458 e. The Morgan fingerprint density at radius 3 is 0.828 bits per heavy atom. The van der Waals surface area contributed by atoms with E-state index in [9.17, 15) is 83.1 Å². The molecule has 0 saturated heterocycles. The Labute approximate surface area is 146 Å². The summed E-state index contributed by atoms with van der Waals surface area (Å²) in [6.45, 7) is 0. The van der Waals surface area contributed by atoms with E-state index in [2.05, 4.69) is 0 Å². The Morgan fingerprint density at radius 1 is 0.448 bits per heavy atom. The average Bonchev–Trinajstić information content (AvgIpc) is 2.37. The maximum atomic E-state index is 14.1. The van der Waals surface area contributed by atoms with Gasteiger partial charge in [-0.3, -0.25) is 4.55 Å². The molecule has 21 heteroatoms. The molecule has 0 amide bonds. The summed E-state index contributed by atoms with van der Waals surface area (Å²) >= 11 is 0. The quantitative estimate of drug-likeness (QED) is 0.444. The Morgan fingerprint density at radius 2 is 0.690 bits per heavy atom. The van der Waals surface area contributed by atoms with Crippen LogP contribution < -0.4 is 0 Å². The first-order valence-electron chi connectivity index (χ1n) is 5.68. The molecule has 1 N–H and O–H groups in total. The molecule has 0 aromatic heterocycles. The van der Waals surface area contributed by atoms with Gasteiger partial charge >= 0.3 is 57.1 Å². The van der Waals surface area contributed by atoms with Crippen LogP contribution in [-0.4, -0.2) is 59.9 Å². The van der Waals surface area contributed by atoms with E-state index >= 15 is 0 Å². The van der Waals surface area contributed by atoms with Gasteiger partial charge in [-0.15, -0.1) is 0 Å². The second-order valence-corrected chi connectivity index (χ2v) is 6.47. The van der Waals surface area contributed by atoms with Crippen molar-refractivity contribution in [3.05, 3.63) is 0 Å². The third-order valence-electron chi connectivity index (χ3n) is 3.20. The van der Waals surface area contributed by atoms with Crippen molar-refractivity contribution < 1.29 is 87.6 Å². The number of rotatable bonds is 4. The summed E-state index contributed by atoms with van der Waals surface area (Å²) in [5, 5.41) is -8.98. The lowest BCUT2D eigenvalue weighted by atomic mass is 9.77. The van der Waals surface area contributed by atoms with Gasteiger partial charge in [-0.1, -0.05) is 0 Å². The Hall–Kier alpha value is -1.28. The van der Waals surface area contributed by atoms with Crippen molar-refractivity contribution in [2.24, 2.45) is 0 Å². The summed E-state index contributed by atoms with van der Waals surface area (Å²) < 4.78 is 246. The van der Waals surface area contributed by atoms with Crippen molar-refractivity contribution in [3.63, 3.8) is 0 Å². The highest BCUT2D eigenvalue weighted by Crippen LogP contribution is 2.68. The smallest absolute Gasteiger partial charge is 0.283 e. The molecule has 0 aromatic carbocycles. The molecule has 29 heavy (non-hydrogen) atoms. The van der Waals surface area contributed by atoms with Crippen molar-refractivity contribution in [1.82, 2.24) is 0 Å². The summed E-state index contributed by atoms with van der Waals surface area (Å²) in [6, 6.07) is 0. The van der Waals surface area contributed by atoms with E-state index in [-0.39, 0.29) is 0 Å². The highest BCUT2D eigenvalue weighted by atomic mass is 32.2. The van der Waals surface area contributed by atoms with Crippen LogP contribution in [0.5, 0.6) is 0 Å². The van der Waals surface area contributed by atoms with Gasteiger partial charge in [0, 0.05) is 0 Å². The normalized spacial score (nSPS) is 20.2. The van der Waals surface area contributed by atoms with Crippen LogP contribution >= 0.6 is 0 Å². The molecule has 0 aliphatic carbocycles. The van der Waals surface area contributed by atoms with Crippen LogP contribution in [0.15, 0.2) is 0 Å². The third-order valence-corrected chi connectivity index (χ3v) is 4.45. The van der Waals surface area contributed by atoms with Gasteiger partial charge in [0.1, 0.15) is 0 Å².